The van der Waals surface area contributed by atoms with Crippen LogP contribution in [-0.4, -0.2) is 0 Å². The molecule has 0 saturated heterocycles. The van der Waals surface area contributed by atoms with Crippen molar-refractivity contribution >= 4 is 0 Å². The summed E-state index contributed by atoms with van der Waals surface area (Å²) in [4.78, 5) is 0. The molecule has 2 aromatic rings. The summed E-state index contributed by atoms with van der Waals surface area (Å²) < 4.78 is 67.9. The second-order valence-corrected chi connectivity index (χ2v) is 4.48. The minimum Gasteiger partial charge on any atom is -0.271 e. The van der Waals surface area contributed by atoms with Crippen LogP contribution in [0.4, 0.5) is 22.0 Å². The third kappa shape index (κ3) is 2.74. The molecule has 0 aliphatic heterocycles. The lowest BCUT2D eigenvalue weighted by Crippen LogP contribution is -2.31. The van der Waals surface area contributed by atoms with E-state index in [2.05, 4.69) is 0 Å². The second-order valence-electron chi connectivity index (χ2n) is 4.48. The van der Waals surface area contributed by atoms with Gasteiger partial charge in [0, 0.05) is 23.3 Å². The lowest BCUT2D eigenvalue weighted by molar-refractivity contribution is 0.458. The highest BCUT2D eigenvalue weighted by Gasteiger charge is 2.26. The molecule has 2 nitrogen and oxygen atoms in total. The summed E-state index contributed by atoms with van der Waals surface area (Å²) in [5.41, 5.74) is 0.971. The van der Waals surface area contributed by atoms with Crippen molar-refractivity contribution in [1.29, 1.82) is 0 Å². The highest BCUT2D eigenvalue weighted by Crippen LogP contribution is 2.30. The average molecular weight is 302 g/mol. The lowest BCUT2D eigenvalue weighted by atomic mass is 9.96. The van der Waals surface area contributed by atoms with Crippen molar-refractivity contribution in [3.8, 4) is 0 Å². The molecular weight excluding hydrogens is 291 g/mol. The fourth-order valence-corrected chi connectivity index (χ4v) is 2.04. The Morgan fingerprint density at radius 3 is 2.05 bits per heavy atom. The SMILES string of the molecule is Cc1ccc(C(NN)c2c(F)cc(F)cc2F)c(F)c1F. The van der Waals surface area contributed by atoms with E-state index >= 15 is 0 Å². The molecule has 0 fully saturated rings. The average Bonchev–Trinajstić information content (AvgIpc) is 2.41. The van der Waals surface area contributed by atoms with E-state index < -0.39 is 40.7 Å². The standard InChI is InChI=1S/C14H11F5N2/c1-6-2-3-8(13(19)12(6)18)14(21-20)11-9(16)4-7(15)5-10(11)17/h2-5,14,21H,20H2,1H3. The van der Waals surface area contributed by atoms with Gasteiger partial charge in [-0.15, -0.1) is 0 Å². The number of nitrogens with two attached hydrogens (primary N) is 1. The largest absolute Gasteiger partial charge is 0.271 e. The molecule has 112 valence electrons. The van der Waals surface area contributed by atoms with Gasteiger partial charge in [0.1, 0.15) is 17.5 Å². The first-order valence-corrected chi connectivity index (χ1v) is 5.91. The molecule has 0 amide bonds. The first-order valence-electron chi connectivity index (χ1n) is 5.91. The van der Waals surface area contributed by atoms with Gasteiger partial charge in [0.25, 0.3) is 0 Å². The van der Waals surface area contributed by atoms with Crippen LogP contribution in [0.5, 0.6) is 0 Å². The van der Waals surface area contributed by atoms with Crippen LogP contribution in [0.3, 0.4) is 0 Å². The number of hydrazine groups is 1. The summed E-state index contributed by atoms with van der Waals surface area (Å²) >= 11 is 0. The number of benzene rings is 2. The maximum atomic E-state index is 13.9. The Labute approximate surface area is 117 Å². The zero-order valence-electron chi connectivity index (χ0n) is 10.9. The van der Waals surface area contributed by atoms with Gasteiger partial charge in [-0.1, -0.05) is 12.1 Å². The van der Waals surface area contributed by atoms with E-state index in [1.807, 2.05) is 5.43 Å². The number of nitrogens with one attached hydrogen (secondary N) is 1. The van der Waals surface area contributed by atoms with Crippen LogP contribution >= 0.6 is 0 Å². The molecule has 2 rings (SSSR count). The van der Waals surface area contributed by atoms with Crippen molar-refractivity contribution < 1.29 is 22.0 Å². The van der Waals surface area contributed by atoms with E-state index in [0.29, 0.717) is 12.1 Å². The zero-order chi connectivity index (χ0) is 15.7. The monoisotopic (exact) mass is 302 g/mol. The van der Waals surface area contributed by atoms with Gasteiger partial charge in [0.15, 0.2) is 11.6 Å². The fraction of sp³-hybridized carbons (Fsp3) is 0.143. The molecule has 21 heavy (non-hydrogen) atoms. The van der Waals surface area contributed by atoms with E-state index in [1.54, 1.807) is 0 Å². The zero-order valence-corrected chi connectivity index (χ0v) is 10.9. The Morgan fingerprint density at radius 2 is 1.52 bits per heavy atom. The minimum absolute atomic E-state index is 0.0343. The van der Waals surface area contributed by atoms with E-state index in [1.165, 1.54) is 13.0 Å². The van der Waals surface area contributed by atoms with Crippen molar-refractivity contribution in [3.05, 3.63) is 70.0 Å². The van der Waals surface area contributed by atoms with Crippen molar-refractivity contribution in [1.82, 2.24) is 5.43 Å². The molecule has 1 atom stereocenters. The minimum atomic E-state index is -1.50. The van der Waals surface area contributed by atoms with Gasteiger partial charge >= 0.3 is 0 Å². The Kier molecular flexibility index (Phi) is 4.24. The van der Waals surface area contributed by atoms with Crippen molar-refractivity contribution in [2.45, 2.75) is 13.0 Å². The predicted molar refractivity (Wildman–Crippen MR) is 66.6 cm³/mol. The summed E-state index contributed by atoms with van der Waals surface area (Å²) in [7, 11) is 0. The normalized spacial score (nSPS) is 12.5. The summed E-state index contributed by atoms with van der Waals surface area (Å²) in [6.07, 6.45) is 0. The first-order chi connectivity index (χ1) is 9.86. The number of rotatable bonds is 3. The van der Waals surface area contributed by atoms with Gasteiger partial charge in [-0.2, -0.15) is 0 Å². The van der Waals surface area contributed by atoms with E-state index in [4.69, 9.17) is 5.84 Å². The van der Waals surface area contributed by atoms with Crippen molar-refractivity contribution in [2.24, 2.45) is 5.84 Å². The molecule has 0 spiro atoms. The smallest absolute Gasteiger partial charge is 0.164 e. The number of aryl methyl sites for hydroxylation is 1. The van der Waals surface area contributed by atoms with E-state index in [0.717, 1.165) is 6.07 Å². The Balaban J connectivity index is 2.64. The van der Waals surface area contributed by atoms with Gasteiger partial charge in [-0.25, -0.2) is 27.4 Å². The van der Waals surface area contributed by atoms with Crippen LogP contribution in [0.2, 0.25) is 0 Å². The molecule has 3 N–H and O–H groups in total. The number of halogens is 5. The topological polar surface area (TPSA) is 38.0 Å². The lowest BCUT2D eigenvalue weighted by Gasteiger charge is -2.19. The van der Waals surface area contributed by atoms with Crippen molar-refractivity contribution in [2.75, 3.05) is 0 Å². The van der Waals surface area contributed by atoms with Crippen molar-refractivity contribution in [3.63, 3.8) is 0 Å². The maximum Gasteiger partial charge on any atom is 0.164 e. The molecule has 0 saturated carbocycles. The fourth-order valence-electron chi connectivity index (χ4n) is 2.04. The molecular formula is C14H11F5N2. The molecule has 2 aromatic carbocycles. The molecule has 0 bridgehead atoms. The first kappa shape index (κ1) is 15.4. The van der Waals surface area contributed by atoms with E-state index in [9.17, 15) is 22.0 Å². The van der Waals surface area contributed by atoms with Crippen LogP contribution in [0.25, 0.3) is 0 Å². The number of hydrogen-bond acceptors (Lipinski definition) is 2. The highest BCUT2D eigenvalue weighted by molar-refractivity contribution is 5.36. The van der Waals surface area contributed by atoms with Crippen LogP contribution in [0.1, 0.15) is 22.7 Å². The van der Waals surface area contributed by atoms with Gasteiger partial charge in [-0.3, -0.25) is 5.84 Å². The Morgan fingerprint density at radius 1 is 0.952 bits per heavy atom. The molecule has 0 radical (unpaired) electrons. The van der Waals surface area contributed by atoms with Crippen LogP contribution in [-0.2, 0) is 0 Å². The molecule has 7 heteroatoms. The summed E-state index contributed by atoms with van der Waals surface area (Å²) in [6.45, 7) is 1.34. The molecule has 0 heterocycles. The molecule has 1 unspecified atom stereocenters. The van der Waals surface area contributed by atoms with Crippen LogP contribution in [0, 0.1) is 36.0 Å². The summed E-state index contributed by atoms with van der Waals surface area (Å²) in [5.74, 6) is -0.849. The molecule has 0 aliphatic rings. The highest BCUT2D eigenvalue weighted by atomic mass is 19.2. The van der Waals surface area contributed by atoms with Gasteiger partial charge < -0.3 is 0 Å². The predicted octanol–water partition coefficient (Wildman–Crippen LogP) is 3.24. The quantitative estimate of drug-likeness (QED) is 0.519. The Hall–Kier alpha value is -1.99. The summed E-state index contributed by atoms with van der Waals surface area (Å²) in [5, 5.41) is 0. The van der Waals surface area contributed by atoms with Gasteiger partial charge in [0.2, 0.25) is 0 Å². The third-order valence-corrected chi connectivity index (χ3v) is 3.12. The van der Waals surface area contributed by atoms with Gasteiger partial charge in [0.05, 0.1) is 6.04 Å². The molecule has 0 aromatic heterocycles. The summed E-state index contributed by atoms with van der Waals surface area (Å²) in [6, 6.07) is 1.77. The third-order valence-electron chi connectivity index (χ3n) is 3.12. The Bertz CT molecular complexity index is 664. The molecule has 0 aliphatic carbocycles. The second kappa shape index (κ2) is 5.79. The van der Waals surface area contributed by atoms with E-state index in [-0.39, 0.29) is 11.1 Å². The van der Waals surface area contributed by atoms with Crippen LogP contribution < -0.4 is 11.3 Å². The van der Waals surface area contributed by atoms with Gasteiger partial charge in [-0.05, 0) is 12.5 Å². The number of hydrogen-bond donors (Lipinski definition) is 2. The van der Waals surface area contributed by atoms with Crippen LogP contribution in [0.15, 0.2) is 24.3 Å². The maximum absolute atomic E-state index is 13.9.